The summed E-state index contributed by atoms with van der Waals surface area (Å²) in [5.41, 5.74) is 1.93. The molecule has 2 aromatic rings. The minimum absolute atomic E-state index is 0.162. The molecule has 116 valence electrons. The van der Waals surface area contributed by atoms with Crippen LogP contribution in [0.25, 0.3) is 0 Å². The summed E-state index contributed by atoms with van der Waals surface area (Å²) in [7, 11) is 0. The summed E-state index contributed by atoms with van der Waals surface area (Å²) in [4.78, 5) is 14.5. The zero-order valence-corrected chi connectivity index (χ0v) is 14.1. The van der Waals surface area contributed by atoms with E-state index in [4.69, 9.17) is 0 Å². The van der Waals surface area contributed by atoms with Crippen LogP contribution in [0.2, 0.25) is 0 Å². The first-order chi connectivity index (χ1) is 10.7. The Hall–Kier alpha value is -1.62. The van der Waals surface area contributed by atoms with Crippen molar-refractivity contribution in [1.82, 2.24) is 14.7 Å². The Morgan fingerprint density at radius 1 is 1.09 bits per heavy atom. The van der Waals surface area contributed by atoms with Gasteiger partial charge in [-0.2, -0.15) is 5.10 Å². The van der Waals surface area contributed by atoms with E-state index in [1.165, 1.54) is 12.8 Å². The van der Waals surface area contributed by atoms with Crippen molar-refractivity contribution in [2.75, 3.05) is 13.1 Å². The van der Waals surface area contributed by atoms with E-state index in [0.717, 1.165) is 41.5 Å². The number of carbonyl (C=O) groups is 1. The molecule has 0 bridgehead atoms. The maximum atomic E-state index is 12.5. The van der Waals surface area contributed by atoms with Gasteiger partial charge in [-0.3, -0.25) is 9.48 Å². The van der Waals surface area contributed by atoms with Gasteiger partial charge in [0, 0.05) is 24.8 Å². The van der Waals surface area contributed by atoms with Crippen molar-refractivity contribution in [1.29, 1.82) is 0 Å². The van der Waals surface area contributed by atoms with Crippen LogP contribution >= 0.6 is 15.9 Å². The average molecular weight is 362 g/mol. The van der Waals surface area contributed by atoms with Gasteiger partial charge in [0.05, 0.1) is 17.2 Å². The smallest absolute Gasteiger partial charge is 0.253 e. The predicted octanol–water partition coefficient (Wildman–Crippen LogP) is 3.71. The standard InChI is InChI=1S/C17H20BrN3O/c18-16-11-19-21(13-16)12-14-5-7-15(8-6-14)17(22)20-9-3-1-2-4-10-20/h5-8,11,13H,1-4,9-10,12H2. The van der Waals surface area contributed by atoms with Crippen molar-refractivity contribution in [3.05, 3.63) is 52.3 Å². The van der Waals surface area contributed by atoms with Crippen LogP contribution in [0.5, 0.6) is 0 Å². The molecule has 1 aromatic carbocycles. The van der Waals surface area contributed by atoms with Crippen molar-refractivity contribution >= 4 is 21.8 Å². The number of benzene rings is 1. The summed E-state index contributed by atoms with van der Waals surface area (Å²) < 4.78 is 2.84. The highest BCUT2D eigenvalue weighted by Gasteiger charge is 2.16. The predicted molar refractivity (Wildman–Crippen MR) is 89.8 cm³/mol. The van der Waals surface area contributed by atoms with Crippen LogP contribution in [0.15, 0.2) is 41.1 Å². The second-order valence-corrected chi connectivity index (χ2v) is 6.68. The van der Waals surface area contributed by atoms with Gasteiger partial charge in [-0.15, -0.1) is 0 Å². The molecule has 22 heavy (non-hydrogen) atoms. The number of amides is 1. The van der Waals surface area contributed by atoms with E-state index in [1.807, 2.05) is 40.0 Å². The molecule has 1 amide bonds. The molecule has 1 saturated heterocycles. The number of likely N-dealkylation sites (tertiary alicyclic amines) is 1. The van der Waals surface area contributed by atoms with Gasteiger partial charge in [0.1, 0.15) is 0 Å². The third kappa shape index (κ3) is 3.77. The van der Waals surface area contributed by atoms with Crippen molar-refractivity contribution < 1.29 is 4.79 Å². The number of aromatic nitrogens is 2. The Morgan fingerprint density at radius 3 is 2.36 bits per heavy atom. The van der Waals surface area contributed by atoms with Gasteiger partial charge < -0.3 is 4.90 Å². The van der Waals surface area contributed by atoms with E-state index >= 15 is 0 Å². The van der Waals surface area contributed by atoms with Crippen LogP contribution < -0.4 is 0 Å². The molecule has 2 heterocycles. The molecule has 5 heteroatoms. The van der Waals surface area contributed by atoms with Gasteiger partial charge in [0.2, 0.25) is 0 Å². The molecule has 0 atom stereocenters. The minimum atomic E-state index is 0.162. The fourth-order valence-corrected chi connectivity index (χ4v) is 3.15. The summed E-state index contributed by atoms with van der Waals surface area (Å²) >= 11 is 3.39. The summed E-state index contributed by atoms with van der Waals surface area (Å²) in [6, 6.07) is 7.89. The number of hydrogen-bond acceptors (Lipinski definition) is 2. The first-order valence-corrected chi connectivity index (χ1v) is 8.58. The van der Waals surface area contributed by atoms with Crippen LogP contribution in [0.1, 0.15) is 41.6 Å². The van der Waals surface area contributed by atoms with Crippen LogP contribution in [0, 0.1) is 0 Å². The molecule has 0 radical (unpaired) electrons. The molecule has 1 aliphatic rings. The second kappa shape index (κ2) is 7.09. The van der Waals surface area contributed by atoms with Gasteiger partial charge >= 0.3 is 0 Å². The van der Waals surface area contributed by atoms with Crippen LogP contribution in [0.3, 0.4) is 0 Å². The Balaban J connectivity index is 1.66. The van der Waals surface area contributed by atoms with Crippen LogP contribution in [-0.2, 0) is 6.54 Å². The molecule has 4 nitrogen and oxygen atoms in total. The minimum Gasteiger partial charge on any atom is -0.339 e. The summed E-state index contributed by atoms with van der Waals surface area (Å²) in [5.74, 6) is 0.162. The Labute approximate surface area is 139 Å². The lowest BCUT2D eigenvalue weighted by atomic mass is 10.1. The molecule has 0 spiro atoms. The summed E-state index contributed by atoms with van der Waals surface area (Å²) in [6.07, 6.45) is 8.44. The Bertz CT molecular complexity index is 628. The van der Waals surface area contributed by atoms with E-state index in [0.29, 0.717) is 6.54 Å². The first-order valence-electron chi connectivity index (χ1n) is 7.78. The fraction of sp³-hybridized carbons (Fsp3) is 0.412. The number of rotatable bonds is 3. The number of carbonyl (C=O) groups excluding carboxylic acids is 1. The molecule has 1 aromatic heterocycles. The largest absolute Gasteiger partial charge is 0.339 e. The van der Waals surface area contributed by atoms with E-state index in [9.17, 15) is 4.79 Å². The molecule has 0 saturated carbocycles. The maximum Gasteiger partial charge on any atom is 0.253 e. The lowest BCUT2D eigenvalue weighted by Crippen LogP contribution is -2.31. The summed E-state index contributed by atoms with van der Waals surface area (Å²) in [6.45, 7) is 2.49. The van der Waals surface area contributed by atoms with Crippen molar-refractivity contribution in [3.63, 3.8) is 0 Å². The topological polar surface area (TPSA) is 38.1 Å². The second-order valence-electron chi connectivity index (χ2n) is 5.76. The number of hydrogen-bond donors (Lipinski definition) is 0. The highest BCUT2D eigenvalue weighted by Crippen LogP contribution is 2.15. The third-order valence-electron chi connectivity index (χ3n) is 4.04. The zero-order chi connectivity index (χ0) is 15.4. The van der Waals surface area contributed by atoms with Gasteiger partial charge in [0.15, 0.2) is 0 Å². The van der Waals surface area contributed by atoms with E-state index < -0.39 is 0 Å². The van der Waals surface area contributed by atoms with Crippen molar-refractivity contribution in [2.45, 2.75) is 32.2 Å². The maximum absolute atomic E-state index is 12.5. The van der Waals surface area contributed by atoms with Crippen molar-refractivity contribution in [3.8, 4) is 0 Å². The molecule has 0 unspecified atom stereocenters. The monoisotopic (exact) mass is 361 g/mol. The van der Waals surface area contributed by atoms with E-state index in [-0.39, 0.29) is 5.91 Å². The fourth-order valence-electron chi connectivity index (χ4n) is 2.82. The SMILES string of the molecule is O=C(c1ccc(Cn2cc(Br)cn2)cc1)N1CCCCCC1. The highest BCUT2D eigenvalue weighted by atomic mass is 79.9. The average Bonchev–Trinajstić information content (AvgIpc) is 2.78. The molecular formula is C17H20BrN3O. The molecule has 3 rings (SSSR count). The normalized spacial score (nSPS) is 15.6. The van der Waals surface area contributed by atoms with E-state index in [2.05, 4.69) is 21.0 Å². The highest BCUT2D eigenvalue weighted by molar-refractivity contribution is 9.10. The van der Waals surface area contributed by atoms with E-state index in [1.54, 1.807) is 6.20 Å². The zero-order valence-electron chi connectivity index (χ0n) is 12.5. The lowest BCUT2D eigenvalue weighted by Gasteiger charge is -2.20. The number of nitrogens with zero attached hydrogens (tertiary/aromatic N) is 3. The van der Waals surface area contributed by atoms with Gasteiger partial charge in [0.25, 0.3) is 5.91 Å². The van der Waals surface area contributed by atoms with Crippen LogP contribution in [0.4, 0.5) is 0 Å². The molecule has 0 aliphatic carbocycles. The Kier molecular flexibility index (Phi) is 4.93. The molecule has 0 N–H and O–H groups in total. The number of halogens is 1. The molecule has 1 fully saturated rings. The van der Waals surface area contributed by atoms with Crippen LogP contribution in [-0.4, -0.2) is 33.7 Å². The molecular weight excluding hydrogens is 342 g/mol. The summed E-state index contributed by atoms with van der Waals surface area (Å²) in [5, 5.41) is 4.25. The van der Waals surface area contributed by atoms with Gasteiger partial charge in [-0.25, -0.2) is 0 Å². The third-order valence-corrected chi connectivity index (χ3v) is 4.45. The lowest BCUT2D eigenvalue weighted by molar-refractivity contribution is 0.0761. The first kappa shape index (κ1) is 15.3. The van der Waals surface area contributed by atoms with Crippen molar-refractivity contribution in [2.24, 2.45) is 0 Å². The molecule has 1 aliphatic heterocycles. The van der Waals surface area contributed by atoms with Gasteiger partial charge in [-0.05, 0) is 46.5 Å². The van der Waals surface area contributed by atoms with Gasteiger partial charge in [-0.1, -0.05) is 25.0 Å². The Morgan fingerprint density at radius 2 is 1.77 bits per heavy atom. The quantitative estimate of drug-likeness (QED) is 0.835.